The quantitative estimate of drug-likeness (QED) is 0.376. The van der Waals surface area contributed by atoms with Crippen LogP contribution in [0.15, 0.2) is 26.9 Å². The first kappa shape index (κ1) is 25.8. The van der Waals surface area contributed by atoms with Crippen LogP contribution in [0.3, 0.4) is 0 Å². The van der Waals surface area contributed by atoms with Gasteiger partial charge in [-0.25, -0.2) is 4.79 Å². The van der Waals surface area contributed by atoms with Gasteiger partial charge in [-0.15, -0.1) is 0 Å². The van der Waals surface area contributed by atoms with Crippen LogP contribution in [-0.2, 0) is 23.5 Å². The Labute approximate surface area is 194 Å². The Morgan fingerprint density at radius 2 is 2.00 bits per heavy atom. The van der Waals surface area contributed by atoms with Crippen molar-refractivity contribution in [2.24, 2.45) is 0 Å². The summed E-state index contributed by atoms with van der Waals surface area (Å²) in [4.78, 5) is 26.8. The smallest absolute Gasteiger partial charge is 0.330 e. The minimum absolute atomic E-state index is 0.0265. The molecule has 2 fully saturated rings. The van der Waals surface area contributed by atoms with Crippen molar-refractivity contribution in [3.8, 4) is 0 Å². The molecule has 0 bridgehead atoms. The molecule has 11 nitrogen and oxygen atoms in total. The van der Waals surface area contributed by atoms with Crippen molar-refractivity contribution in [1.82, 2.24) is 14.9 Å². The molecule has 0 saturated carbocycles. The van der Waals surface area contributed by atoms with Crippen molar-refractivity contribution in [2.75, 3.05) is 13.2 Å². The van der Waals surface area contributed by atoms with Crippen LogP contribution in [0.25, 0.3) is 0 Å². The van der Waals surface area contributed by atoms with Crippen LogP contribution in [0.4, 0.5) is 0 Å². The topological polar surface area (TPSA) is 149 Å². The Morgan fingerprint density at radius 1 is 1.36 bits per heavy atom. The van der Waals surface area contributed by atoms with Crippen molar-refractivity contribution < 1.29 is 26.9 Å². The molecule has 33 heavy (non-hydrogen) atoms. The summed E-state index contributed by atoms with van der Waals surface area (Å²) in [5.41, 5.74) is -2.89. The molecule has 0 unspecified atom stereocenters. The van der Waals surface area contributed by atoms with E-state index in [9.17, 15) is 23.1 Å². The first-order valence-electron chi connectivity index (χ1n) is 10.8. The molecule has 3 heterocycles. The largest absolute Gasteiger partial charge is 0.406 e. The number of aromatic amines is 1. The first-order chi connectivity index (χ1) is 15.0. The molecule has 3 rings (SSSR count). The highest BCUT2D eigenvalue weighted by Crippen LogP contribution is 2.49. The second-order valence-electron chi connectivity index (χ2n) is 9.93. The van der Waals surface area contributed by atoms with Crippen LogP contribution in [0.1, 0.15) is 39.5 Å². The summed E-state index contributed by atoms with van der Waals surface area (Å²) in [7, 11) is -6.65. The van der Waals surface area contributed by atoms with Gasteiger partial charge in [-0.1, -0.05) is 20.8 Å². The molecular weight excluding hydrogens is 470 g/mol. The summed E-state index contributed by atoms with van der Waals surface area (Å²) >= 11 is 0. The third-order valence-corrected chi connectivity index (χ3v) is 12.1. The van der Waals surface area contributed by atoms with Crippen molar-refractivity contribution in [3.63, 3.8) is 0 Å². The van der Waals surface area contributed by atoms with Crippen molar-refractivity contribution in [1.29, 1.82) is 0 Å². The maximum absolute atomic E-state index is 12.7. The van der Waals surface area contributed by atoms with Gasteiger partial charge >= 0.3 is 5.69 Å². The molecule has 0 spiro atoms. The molecule has 2 aliphatic heterocycles. The van der Waals surface area contributed by atoms with Gasteiger partial charge in [-0.3, -0.25) is 18.5 Å². The number of aliphatic hydroxyl groups is 1. The summed E-state index contributed by atoms with van der Waals surface area (Å²) in [6.07, 6.45) is -1.78. The van der Waals surface area contributed by atoms with Crippen LogP contribution in [0.5, 0.6) is 0 Å². The molecule has 1 aromatic heterocycles. The average molecular weight is 504 g/mol. The molecule has 0 aliphatic carbocycles. The Morgan fingerprint density at radius 3 is 2.58 bits per heavy atom. The highest BCUT2D eigenvalue weighted by Gasteiger charge is 2.64. The minimum Gasteiger partial charge on any atom is -0.406 e. The summed E-state index contributed by atoms with van der Waals surface area (Å²) < 4.78 is 43.3. The Kier molecular flexibility index (Phi) is 6.63. The molecule has 1 aromatic rings. The number of aromatic nitrogens is 2. The van der Waals surface area contributed by atoms with Crippen molar-refractivity contribution >= 4 is 18.4 Å². The van der Waals surface area contributed by atoms with E-state index >= 15 is 0 Å². The number of nitrogens with zero attached hydrogens (tertiary/aromatic N) is 1. The third-order valence-electron chi connectivity index (χ3n) is 6.59. The zero-order valence-corrected chi connectivity index (χ0v) is 21.8. The fraction of sp³-hybridized carbons (Fsp3) is 0.700. The van der Waals surface area contributed by atoms with E-state index in [4.69, 9.17) is 13.3 Å². The highest BCUT2D eigenvalue weighted by molar-refractivity contribution is 7.89. The average Bonchev–Trinajstić information content (AvgIpc) is 3.10. The predicted octanol–water partition coefficient (Wildman–Crippen LogP) is 0.675. The van der Waals surface area contributed by atoms with Gasteiger partial charge in [0.25, 0.3) is 15.7 Å². The third kappa shape index (κ3) is 4.62. The van der Waals surface area contributed by atoms with Gasteiger partial charge in [-0.05, 0) is 32.0 Å². The molecule has 13 heteroatoms. The summed E-state index contributed by atoms with van der Waals surface area (Å²) in [6.45, 7) is 13.1. The number of H-pyrrole nitrogens is 1. The Bertz CT molecular complexity index is 1170. The molecule has 0 aromatic carbocycles. The molecule has 0 radical (unpaired) electrons. The lowest BCUT2D eigenvalue weighted by Crippen LogP contribution is -2.55. The lowest BCUT2D eigenvalue weighted by atomic mass is 9.92. The predicted molar refractivity (Wildman–Crippen MR) is 124 cm³/mol. The molecule has 2 aliphatic rings. The lowest BCUT2D eigenvalue weighted by molar-refractivity contribution is -0.0379. The van der Waals surface area contributed by atoms with Crippen molar-refractivity contribution in [3.05, 3.63) is 43.7 Å². The maximum Gasteiger partial charge on any atom is 0.330 e. The Hall–Kier alpha value is -1.77. The Balaban J connectivity index is 2.18. The van der Waals surface area contributed by atoms with Crippen LogP contribution in [-0.4, -0.2) is 62.4 Å². The first-order valence-corrected chi connectivity index (χ1v) is 15.1. The second-order valence-corrected chi connectivity index (χ2v) is 16.1. The van der Waals surface area contributed by atoms with Gasteiger partial charge < -0.3 is 19.6 Å². The van der Waals surface area contributed by atoms with Gasteiger partial charge in [0, 0.05) is 18.3 Å². The number of hydrogen-bond donors (Lipinski definition) is 3. The van der Waals surface area contributed by atoms with E-state index in [0.717, 1.165) is 5.41 Å². The number of nitrogens with one attached hydrogen (secondary N) is 2. The summed E-state index contributed by atoms with van der Waals surface area (Å²) in [5, 5.41) is 15.4. The van der Waals surface area contributed by atoms with Gasteiger partial charge in [0.05, 0.1) is 17.7 Å². The van der Waals surface area contributed by atoms with E-state index in [1.165, 1.54) is 10.8 Å². The fourth-order valence-corrected chi connectivity index (χ4v) is 5.97. The molecule has 3 N–H and O–H groups in total. The standard InChI is InChI=1S/C20H33N3O8SSi/c1-8-29-32(27,28)11-13-20(26)14(9-21-13)30-17(15(20)31-33(6,7)19(3,4)5)23-10-12(2)16(24)22-18(23)25/h10-11,14-15,17,21,26H,8-9H2,1-7H3,(H,22,24,25)/b13-11+/t14-,15+,17-,20-/m1/s1. The summed E-state index contributed by atoms with van der Waals surface area (Å²) in [6, 6.07) is 0. The maximum atomic E-state index is 12.7. The number of fused-ring (bicyclic) bond motifs is 1. The van der Waals surface area contributed by atoms with Crippen molar-refractivity contribution in [2.45, 2.75) is 76.8 Å². The monoisotopic (exact) mass is 503 g/mol. The zero-order valence-electron chi connectivity index (χ0n) is 20.0. The highest BCUT2D eigenvalue weighted by atomic mass is 32.2. The number of hydrogen-bond acceptors (Lipinski definition) is 9. The van der Waals surface area contributed by atoms with E-state index < -0.39 is 53.7 Å². The molecule has 2 saturated heterocycles. The normalized spacial score (nSPS) is 29.3. The van der Waals surface area contributed by atoms with Crippen LogP contribution in [0.2, 0.25) is 18.1 Å². The van der Waals surface area contributed by atoms with Gasteiger partial charge in [0.2, 0.25) is 0 Å². The van der Waals surface area contributed by atoms with Crippen LogP contribution in [0, 0.1) is 6.92 Å². The zero-order chi connectivity index (χ0) is 25.0. The van der Waals surface area contributed by atoms with E-state index in [1.54, 1.807) is 13.8 Å². The van der Waals surface area contributed by atoms with E-state index in [2.05, 4.69) is 10.3 Å². The SMILES string of the molecule is CCOS(=O)(=O)/C=C1/NC[C@H]2O[C@@H](n3cc(C)c(=O)[nH]c3=O)[C@H](O[Si](C)(C)C(C)(C)C)[C@@]12O. The molecule has 186 valence electrons. The minimum atomic E-state index is -4.09. The fourth-order valence-electron chi connectivity index (χ4n) is 3.73. The van der Waals surface area contributed by atoms with Crippen LogP contribution >= 0.6 is 0 Å². The van der Waals surface area contributed by atoms with E-state index in [1.807, 2.05) is 33.9 Å². The molecule has 4 atom stereocenters. The number of rotatable bonds is 6. The number of aryl methyl sites for hydroxylation is 1. The lowest BCUT2D eigenvalue weighted by Gasteiger charge is -2.42. The van der Waals surface area contributed by atoms with Gasteiger partial charge in [0.1, 0.15) is 12.2 Å². The van der Waals surface area contributed by atoms with Gasteiger partial charge in [-0.2, -0.15) is 8.42 Å². The number of ether oxygens (including phenoxy) is 1. The second kappa shape index (κ2) is 8.47. The summed E-state index contributed by atoms with van der Waals surface area (Å²) in [5.74, 6) is 0. The molecule has 0 amide bonds. The van der Waals surface area contributed by atoms with E-state index in [-0.39, 0.29) is 29.5 Å². The van der Waals surface area contributed by atoms with Crippen LogP contribution < -0.4 is 16.6 Å². The molecular formula is C20H33N3O8SSi. The van der Waals surface area contributed by atoms with E-state index in [0.29, 0.717) is 0 Å². The van der Waals surface area contributed by atoms with Gasteiger partial charge in [0.15, 0.2) is 20.1 Å².